The first-order valence-corrected chi connectivity index (χ1v) is 12.7. The van der Waals surface area contributed by atoms with Gasteiger partial charge in [-0.05, 0) is 78.1 Å². The van der Waals surface area contributed by atoms with Gasteiger partial charge in [0.2, 0.25) is 5.91 Å². The van der Waals surface area contributed by atoms with Gasteiger partial charge >= 0.3 is 0 Å². The van der Waals surface area contributed by atoms with Gasteiger partial charge in [0.1, 0.15) is 12.4 Å². The van der Waals surface area contributed by atoms with Gasteiger partial charge in [-0.1, -0.05) is 38.1 Å². The Kier molecular flexibility index (Phi) is 7.47. The first-order chi connectivity index (χ1) is 16.3. The smallest absolute Gasteiger partial charge is 0.254 e. The number of fused-ring (bicyclic) bond motifs is 1. The summed E-state index contributed by atoms with van der Waals surface area (Å²) >= 11 is 1.74. The lowest BCUT2D eigenvalue weighted by Gasteiger charge is -2.38. The molecule has 3 aromatic rings. The van der Waals surface area contributed by atoms with Crippen molar-refractivity contribution in [3.05, 3.63) is 92.9 Å². The van der Waals surface area contributed by atoms with Gasteiger partial charge in [0.05, 0.1) is 6.04 Å². The number of nitrogens with zero attached hydrogens (tertiary/aromatic N) is 2. The van der Waals surface area contributed by atoms with Crippen LogP contribution in [-0.2, 0) is 11.2 Å². The first-order valence-electron chi connectivity index (χ1n) is 11.8. The van der Waals surface area contributed by atoms with Crippen LogP contribution in [0.4, 0.5) is 4.39 Å². The van der Waals surface area contributed by atoms with E-state index < -0.39 is 0 Å². The van der Waals surface area contributed by atoms with Crippen molar-refractivity contribution in [2.75, 3.05) is 19.6 Å². The molecule has 1 unspecified atom stereocenters. The average Bonchev–Trinajstić information content (AvgIpc) is 3.30. The zero-order valence-electron chi connectivity index (χ0n) is 20.0. The minimum Gasteiger partial charge on any atom is -0.330 e. The number of thiophene rings is 1. The molecule has 1 aromatic heterocycles. The van der Waals surface area contributed by atoms with Crippen LogP contribution >= 0.6 is 11.3 Å². The van der Waals surface area contributed by atoms with Crippen molar-refractivity contribution in [2.45, 2.75) is 39.7 Å². The highest BCUT2D eigenvalue weighted by Crippen LogP contribution is 2.39. The lowest BCUT2D eigenvalue weighted by molar-refractivity contribution is -0.134. The summed E-state index contributed by atoms with van der Waals surface area (Å²) in [7, 11) is 0. The van der Waals surface area contributed by atoms with Crippen LogP contribution in [0.1, 0.15) is 58.2 Å². The molecule has 0 radical (unpaired) electrons. The van der Waals surface area contributed by atoms with Crippen LogP contribution in [0.3, 0.4) is 0 Å². The van der Waals surface area contributed by atoms with E-state index in [4.69, 9.17) is 0 Å². The van der Waals surface area contributed by atoms with Crippen molar-refractivity contribution in [3.63, 3.8) is 0 Å². The molecule has 2 heterocycles. The standard InChI is InChI=1S/C28H31FN2O2S/c1-19(2)12-15-30(28(33)21-8-10-22(29)11-9-21)18-26(32)31-16-13-25-24(14-17-34-25)27(31)23-7-5-4-6-20(23)3/h4-11,14,17,19,27H,12-13,15-16,18H2,1-3H3. The number of carbonyl (C=O) groups is 2. The third-order valence-electron chi connectivity index (χ3n) is 6.45. The van der Waals surface area contributed by atoms with Crippen LogP contribution in [0, 0.1) is 18.7 Å². The SMILES string of the molecule is Cc1ccccc1C1c2ccsc2CCN1C(=O)CN(CCC(C)C)C(=O)c1ccc(F)cc1. The molecule has 2 amide bonds. The van der Waals surface area contributed by atoms with Crippen LogP contribution in [0.15, 0.2) is 60.0 Å². The summed E-state index contributed by atoms with van der Waals surface area (Å²) in [6, 6.07) is 15.7. The number of halogens is 1. The Hall–Kier alpha value is -2.99. The molecular formula is C28H31FN2O2S. The number of hydrogen-bond acceptors (Lipinski definition) is 3. The zero-order chi connectivity index (χ0) is 24.2. The molecule has 0 fully saturated rings. The molecule has 0 aliphatic carbocycles. The molecule has 178 valence electrons. The molecule has 0 saturated carbocycles. The maximum absolute atomic E-state index is 13.7. The van der Waals surface area contributed by atoms with Crippen molar-refractivity contribution in [2.24, 2.45) is 5.92 Å². The van der Waals surface area contributed by atoms with Crippen LogP contribution in [-0.4, -0.2) is 41.2 Å². The Morgan fingerprint density at radius 2 is 1.82 bits per heavy atom. The fraction of sp³-hybridized carbons (Fsp3) is 0.357. The van der Waals surface area contributed by atoms with E-state index in [1.807, 2.05) is 17.0 Å². The van der Waals surface area contributed by atoms with Crippen molar-refractivity contribution < 1.29 is 14.0 Å². The van der Waals surface area contributed by atoms with Gasteiger partial charge in [-0.2, -0.15) is 0 Å². The summed E-state index contributed by atoms with van der Waals surface area (Å²) < 4.78 is 13.4. The Labute approximate surface area is 205 Å². The molecule has 6 heteroatoms. The van der Waals surface area contributed by atoms with E-state index >= 15 is 0 Å². The topological polar surface area (TPSA) is 40.6 Å². The number of hydrogen-bond donors (Lipinski definition) is 0. The zero-order valence-corrected chi connectivity index (χ0v) is 20.8. The molecule has 1 aliphatic rings. The fourth-order valence-electron chi connectivity index (χ4n) is 4.51. The van der Waals surface area contributed by atoms with E-state index in [0.29, 0.717) is 24.6 Å². The van der Waals surface area contributed by atoms with Crippen LogP contribution in [0.2, 0.25) is 0 Å². The summed E-state index contributed by atoms with van der Waals surface area (Å²) in [5, 5.41) is 2.09. The molecule has 0 N–H and O–H groups in total. The molecule has 0 spiro atoms. The highest BCUT2D eigenvalue weighted by atomic mass is 32.1. The lowest BCUT2D eigenvalue weighted by atomic mass is 9.90. The Morgan fingerprint density at radius 3 is 2.53 bits per heavy atom. The maximum Gasteiger partial charge on any atom is 0.254 e. The summed E-state index contributed by atoms with van der Waals surface area (Å²) in [6.07, 6.45) is 1.61. The molecule has 4 nitrogen and oxygen atoms in total. The number of aryl methyl sites for hydroxylation is 1. The first kappa shape index (κ1) is 24.1. The van der Waals surface area contributed by atoms with Gasteiger partial charge in [0.15, 0.2) is 0 Å². The predicted molar refractivity (Wildman–Crippen MR) is 135 cm³/mol. The Balaban J connectivity index is 1.62. The van der Waals surface area contributed by atoms with Crippen LogP contribution in [0.25, 0.3) is 0 Å². The van der Waals surface area contributed by atoms with Crippen LogP contribution in [0.5, 0.6) is 0 Å². The second kappa shape index (κ2) is 10.5. The van der Waals surface area contributed by atoms with Crippen molar-refractivity contribution >= 4 is 23.2 Å². The highest BCUT2D eigenvalue weighted by Gasteiger charge is 2.34. The van der Waals surface area contributed by atoms with E-state index in [9.17, 15) is 14.0 Å². The number of carbonyl (C=O) groups excluding carboxylic acids is 2. The van der Waals surface area contributed by atoms with Gasteiger partial charge in [0, 0.05) is 23.5 Å². The van der Waals surface area contributed by atoms with Gasteiger partial charge in [-0.3, -0.25) is 9.59 Å². The van der Waals surface area contributed by atoms with Crippen molar-refractivity contribution in [1.29, 1.82) is 0 Å². The number of amides is 2. The predicted octanol–water partition coefficient (Wildman–Crippen LogP) is 5.86. The molecule has 0 bridgehead atoms. The third kappa shape index (κ3) is 5.22. The second-order valence-electron chi connectivity index (χ2n) is 9.31. The quantitative estimate of drug-likeness (QED) is 0.427. The van der Waals surface area contributed by atoms with Crippen molar-refractivity contribution in [1.82, 2.24) is 9.80 Å². The van der Waals surface area contributed by atoms with Gasteiger partial charge in [-0.25, -0.2) is 4.39 Å². The number of benzene rings is 2. The molecule has 34 heavy (non-hydrogen) atoms. The van der Waals surface area contributed by atoms with E-state index in [1.54, 1.807) is 16.2 Å². The van der Waals surface area contributed by atoms with Crippen LogP contribution < -0.4 is 0 Å². The van der Waals surface area contributed by atoms with E-state index in [1.165, 1.54) is 34.7 Å². The van der Waals surface area contributed by atoms with Gasteiger partial charge in [-0.15, -0.1) is 11.3 Å². The second-order valence-corrected chi connectivity index (χ2v) is 10.3. The normalized spacial score (nSPS) is 15.3. The molecule has 1 atom stereocenters. The van der Waals surface area contributed by atoms with E-state index in [2.05, 4.69) is 44.4 Å². The van der Waals surface area contributed by atoms with Gasteiger partial charge < -0.3 is 9.80 Å². The van der Waals surface area contributed by atoms with E-state index in [-0.39, 0.29) is 30.2 Å². The monoisotopic (exact) mass is 478 g/mol. The van der Waals surface area contributed by atoms with Gasteiger partial charge in [0.25, 0.3) is 5.91 Å². The summed E-state index contributed by atoms with van der Waals surface area (Å²) in [6.45, 7) is 7.37. The largest absolute Gasteiger partial charge is 0.330 e. The Bertz CT molecular complexity index is 1160. The maximum atomic E-state index is 13.7. The highest BCUT2D eigenvalue weighted by molar-refractivity contribution is 7.10. The summed E-state index contributed by atoms with van der Waals surface area (Å²) in [5.41, 5.74) is 3.84. The third-order valence-corrected chi connectivity index (χ3v) is 7.45. The van der Waals surface area contributed by atoms with Crippen molar-refractivity contribution in [3.8, 4) is 0 Å². The molecule has 2 aromatic carbocycles. The summed E-state index contributed by atoms with van der Waals surface area (Å²) in [4.78, 5) is 31.9. The fourth-order valence-corrected chi connectivity index (χ4v) is 5.41. The molecule has 0 saturated heterocycles. The minimum absolute atomic E-state index is 0.00474. The Morgan fingerprint density at radius 1 is 1.09 bits per heavy atom. The minimum atomic E-state index is -0.387. The molecule has 1 aliphatic heterocycles. The molecule has 4 rings (SSSR count). The average molecular weight is 479 g/mol. The molecular weight excluding hydrogens is 447 g/mol. The lowest BCUT2D eigenvalue weighted by Crippen LogP contribution is -2.47. The number of rotatable bonds is 7. The summed E-state index contributed by atoms with van der Waals surface area (Å²) in [5.74, 6) is -0.303. The van der Waals surface area contributed by atoms with E-state index in [0.717, 1.165) is 24.0 Å².